The predicted molar refractivity (Wildman–Crippen MR) is 154 cm³/mol. The number of methoxy groups -OCH3 is 1. The summed E-state index contributed by atoms with van der Waals surface area (Å²) in [5.74, 6) is -2.64. The fraction of sp³-hybridized carbons (Fsp3) is 0.533. The van der Waals surface area contributed by atoms with Crippen molar-refractivity contribution in [1.82, 2.24) is 14.5 Å². The van der Waals surface area contributed by atoms with E-state index in [1.54, 1.807) is 13.3 Å². The molecule has 3 heterocycles. The number of fused-ring (bicyclic) bond motifs is 2. The molecule has 2 aliphatic heterocycles. The number of hydrogen-bond acceptors (Lipinski definition) is 9. The first-order chi connectivity index (χ1) is 20.3. The number of piperidine rings is 1. The highest BCUT2D eigenvalue weighted by molar-refractivity contribution is 5.88. The molecule has 0 saturated carbocycles. The maximum Gasteiger partial charge on any atom is 0.336 e. The number of carboxylic acids is 3. The number of hydrogen-bond donors (Lipinski definition) is 5. The predicted octanol–water partition coefficient (Wildman–Crippen LogP) is 2.32. The van der Waals surface area contributed by atoms with Crippen molar-refractivity contribution < 1.29 is 49.4 Å². The van der Waals surface area contributed by atoms with E-state index in [1.807, 2.05) is 30.8 Å². The quantitative estimate of drug-likeness (QED) is 0.210. The lowest BCUT2D eigenvalue weighted by Gasteiger charge is -2.43. The summed E-state index contributed by atoms with van der Waals surface area (Å²) in [6, 6.07) is 5.02. The molecule has 2 aliphatic rings. The summed E-state index contributed by atoms with van der Waals surface area (Å²) in [5, 5.41) is 45.2. The van der Waals surface area contributed by atoms with E-state index in [0.717, 1.165) is 61.5 Å². The lowest BCUT2D eigenvalue weighted by Crippen LogP contribution is -2.50. The lowest BCUT2D eigenvalue weighted by atomic mass is 9.85. The number of aliphatic hydroxyl groups is 2. The van der Waals surface area contributed by atoms with Crippen LogP contribution >= 0.6 is 0 Å². The number of ether oxygens (including phenoxy) is 2. The van der Waals surface area contributed by atoms with E-state index in [0.29, 0.717) is 18.7 Å². The van der Waals surface area contributed by atoms with Gasteiger partial charge >= 0.3 is 17.9 Å². The summed E-state index contributed by atoms with van der Waals surface area (Å²) in [5.41, 5.74) is -1.26. The Morgan fingerprint density at radius 1 is 1.14 bits per heavy atom. The van der Waals surface area contributed by atoms with Crippen molar-refractivity contribution in [3.8, 4) is 11.5 Å². The molecule has 0 spiro atoms. The van der Waals surface area contributed by atoms with Crippen molar-refractivity contribution in [1.29, 1.82) is 0 Å². The minimum absolute atomic E-state index is 0.353. The lowest BCUT2D eigenvalue weighted by molar-refractivity contribution is -0.170. The molecule has 2 saturated heterocycles. The SMILES string of the molecule is C=CCc1cc(CN2C3CCC2CC(O)(c2nccn2C)C3)cc(OC)c1OCC.O=C(O)CC(O)(CC(=O)O)C(=O)O. The summed E-state index contributed by atoms with van der Waals surface area (Å²) < 4.78 is 13.5. The van der Waals surface area contributed by atoms with Gasteiger partial charge in [0, 0.05) is 43.6 Å². The second-order valence-electron chi connectivity index (χ2n) is 11.0. The Morgan fingerprint density at radius 3 is 2.19 bits per heavy atom. The third kappa shape index (κ3) is 7.92. The maximum absolute atomic E-state index is 11.4. The molecule has 0 radical (unpaired) electrons. The molecule has 2 fully saturated rings. The molecule has 13 nitrogen and oxygen atoms in total. The van der Waals surface area contributed by atoms with Crippen LogP contribution in [0.25, 0.3) is 0 Å². The number of imidazole rings is 1. The Labute approximate surface area is 250 Å². The Hall–Kier alpha value is -3.94. The van der Waals surface area contributed by atoms with Crippen LogP contribution in [-0.2, 0) is 40.0 Å². The van der Waals surface area contributed by atoms with Gasteiger partial charge in [0.05, 0.1) is 26.6 Å². The molecule has 4 rings (SSSR count). The third-order valence-electron chi connectivity index (χ3n) is 7.87. The monoisotopic (exact) mass is 603 g/mol. The van der Waals surface area contributed by atoms with Gasteiger partial charge in [0.15, 0.2) is 17.1 Å². The summed E-state index contributed by atoms with van der Waals surface area (Å²) in [6.07, 6.45) is 7.72. The fourth-order valence-corrected chi connectivity index (χ4v) is 6.08. The highest BCUT2D eigenvalue weighted by Crippen LogP contribution is 2.46. The number of rotatable bonds is 13. The van der Waals surface area contributed by atoms with Crippen LogP contribution in [0.5, 0.6) is 11.5 Å². The number of aryl methyl sites for hydroxylation is 1. The van der Waals surface area contributed by atoms with Crippen molar-refractivity contribution >= 4 is 17.9 Å². The molecule has 0 aliphatic carbocycles. The summed E-state index contributed by atoms with van der Waals surface area (Å²) in [4.78, 5) is 37.5. The van der Waals surface area contributed by atoms with Gasteiger partial charge in [-0.05, 0) is 50.7 Å². The third-order valence-corrected chi connectivity index (χ3v) is 7.87. The largest absolute Gasteiger partial charge is 0.493 e. The van der Waals surface area contributed by atoms with Crippen molar-refractivity contribution in [3.63, 3.8) is 0 Å². The highest BCUT2D eigenvalue weighted by atomic mass is 16.5. The molecule has 2 aromatic rings. The molecular formula is C30H41N3O10. The van der Waals surface area contributed by atoms with Crippen LogP contribution in [0.1, 0.15) is 62.4 Å². The normalized spacial score (nSPS) is 21.4. The van der Waals surface area contributed by atoms with Crippen molar-refractivity contribution in [3.05, 3.63) is 54.1 Å². The Bertz CT molecular complexity index is 1290. The molecule has 43 heavy (non-hydrogen) atoms. The number of carboxylic acid groups (broad SMARTS) is 3. The molecule has 2 atom stereocenters. The van der Waals surface area contributed by atoms with Crippen LogP contribution in [0.4, 0.5) is 0 Å². The molecule has 1 aromatic heterocycles. The highest BCUT2D eigenvalue weighted by Gasteiger charge is 2.49. The van der Waals surface area contributed by atoms with Gasteiger partial charge < -0.3 is 39.6 Å². The van der Waals surface area contributed by atoms with Crippen molar-refractivity contribution in [2.24, 2.45) is 7.05 Å². The standard InChI is InChI=1S/C24H33N3O3.C6H8O7/c1-5-7-18-12-17(13-21(29-4)22(18)30-6-2)16-27-19-8-9-20(27)15-24(28,14-19)23-25-10-11-26(23)3;7-3(8)1-6(13,5(11)12)2-4(9)10/h5,10-13,19-20,28H,1,6-9,14-16H2,2-4H3;13H,1-2H2,(H,7,8)(H,9,10)(H,11,12). The first-order valence-electron chi connectivity index (χ1n) is 14.1. The van der Waals surface area contributed by atoms with Gasteiger partial charge in [-0.25, -0.2) is 9.78 Å². The van der Waals surface area contributed by atoms with Gasteiger partial charge in [-0.1, -0.05) is 12.1 Å². The number of aliphatic carboxylic acids is 3. The fourth-order valence-electron chi connectivity index (χ4n) is 6.08. The van der Waals surface area contributed by atoms with E-state index in [-0.39, 0.29) is 0 Å². The van der Waals surface area contributed by atoms with Gasteiger partial charge in [0.25, 0.3) is 0 Å². The first kappa shape index (κ1) is 33.6. The van der Waals surface area contributed by atoms with E-state index in [1.165, 1.54) is 5.56 Å². The molecule has 2 unspecified atom stereocenters. The zero-order valence-electron chi connectivity index (χ0n) is 24.7. The van der Waals surface area contributed by atoms with Crippen LogP contribution in [0.15, 0.2) is 37.2 Å². The smallest absolute Gasteiger partial charge is 0.336 e. The zero-order valence-corrected chi connectivity index (χ0v) is 24.7. The zero-order chi connectivity index (χ0) is 31.9. The Kier molecular flexibility index (Phi) is 10.9. The summed E-state index contributed by atoms with van der Waals surface area (Å²) in [7, 11) is 3.65. The number of nitrogens with zero attached hydrogens (tertiary/aromatic N) is 3. The number of allylic oxidation sites excluding steroid dienone is 1. The summed E-state index contributed by atoms with van der Waals surface area (Å²) in [6.45, 7) is 7.33. The molecule has 1 aromatic carbocycles. The molecule has 236 valence electrons. The average molecular weight is 604 g/mol. The average Bonchev–Trinajstić information content (AvgIpc) is 3.45. The van der Waals surface area contributed by atoms with E-state index < -0.39 is 42.0 Å². The van der Waals surface area contributed by atoms with E-state index in [4.69, 9.17) is 29.9 Å². The molecule has 0 amide bonds. The number of carbonyl (C=O) groups is 3. The van der Waals surface area contributed by atoms with E-state index in [2.05, 4.69) is 28.6 Å². The van der Waals surface area contributed by atoms with Crippen LogP contribution in [0.3, 0.4) is 0 Å². The molecule has 2 bridgehead atoms. The Balaban J connectivity index is 0.000000331. The molecular weight excluding hydrogens is 562 g/mol. The van der Waals surface area contributed by atoms with Crippen LogP contribution < -0.4 is 9.47 Å². The van der Waals surface area contributed by atoms with Gasteiger partial charge in [0.1, 0.15) is 11.4 Å². The van der Waals surface area contributed by atoms with E-state index in [9.17, 15) is 19.5 Å². The second kappa shape index (κ2) is 14.0. The van der Waals surface area contributed by atoms with E-state index >= 15 is 0 Å². The minimum atomic E-state index is -2.74. The van der Waals surface area contributed by atoms with Gasteiger partial charge in [-0.15, -0.1) is 6.58 Å². The van der Waals surface area contributed by atoms with Gasteiger partial charge in [0.2, 0.25) is 0 Å². The van der Waals surface area contributed by atoms with Crippen molar-refractivity contribution in [2.45, 2.75) is 81.7 Å². The molecule has 13 heteroatoms. The van der Waals surface area contributed by atoms with Gasteiger partial charge in [-0.2, -0.15) is 0 Å². The van der Waals surface area contributed by atoms with Crippen molar-refractivity contribution in [2.75, 3.05) is 13.7 Å². The Morgan fingerprint density at radius 2 is 1.74 bits per heavy atom. The number of aromatic nitrogens is 2. The minimum Gasteiger partial charge on any atom is -0.493 e. The topological polar surface area (TPSA) is 192 Å². The summed E-state index contributed by atoms with van der Waals surface area (Å²) >= 11 is 0. The van der Waals surface area contributed by atoms with Gasteiger partial charge in [-0.3, -0.25) is 14.5 Å². The second-order valence-corrected chi connectivity index (χ2v) is 11.0. The first-order valence-corrected chi connectivity index (χ1v) is 14.1. The molecule has 5 N–H and O–H groups in total. The maximum atomic E-state index is 11.4. The van der Waals surface area contributed by atoms with Crippen LogP contribution in [0.2, 0.25) is 0 Å². The van der Waals surface area contributed by atoms with Crippen LogP contribution in [-0.4, -0.2) is 89.3 Å². The van der Waals surface area contributed by atoms with Crippen LogP contribution in [0, 0.1) is 0 Å². The number of benzene rings is 1.